The van der Waals surface area contributed by atoms with Crippen molar-refractivity contribution in [2.75, 3.05) is 31.3 Å². The summed E-state index contributed by atoms with van der Waals surface area (Å²) in [6.07, 6.45) is 1.76. The molecule has 0 saturated carbocycles. The SMILES string of the molecule is C=CCN1CC(Oc2ccc(OC)cc2)=NC(SCC(=O)Nc2ccc(C(C)C)cc2)=N1. The molecule has 0 fully saturated rings. The monoisotopic (exact) mass is 452 g/mol. The van der Waals surface area contributed by atoms with E-state index >= 15 is 0 Å². The summed E-state index contributed by atoms with van der Waals surface area (Å²) in [5.74, 6) is 2.41. The maximum atomic E-state index is 12.4. The van der Waals surface area contributed by atoms with E-state index in [9.17, 15) is 4.79 Å². The Bertz CT molecular complexity index is 985. The van der Waals surface area contributed by atoms with E-state index in [4.69, 9.17) is 9.47 Å². The number of nitrogens with zero attached hydrogens (tertiary/aromatic N) is 3. The number of hydrogen-bond acceptors (Lipinski definition) is 7. The lowest BCUT2D eigenvalue weighted by atomic mass is 10.0. The van der Waals surface area contributed by atoms with Crippen molar-refractivity contribution in [1.29, 1.82) is 0 Å². The van der Waals surface area contributed by atoms with Crippen molar-refractivity contribution in [3.8, 4) is 11.5 Å². The minimum Gasteiger partial charge on any atom is -0.497 e. The average Bonchev–Trinajstić information content (AvgIpc) is 2.79. The van der Waals surface area contributed by atoms with Crippen LogP contribution in [0, 0.1) is 0 Å². The highest BCUT2D eigenvalue weighted by molar-refractivity contribution is 8.14. The van der Waals surface area contributed by atoms with Crippen molar-refractivity contribution in [3.05, 3.63) is 66.7 Å². The summed E-state index contributed by atoms with van der Waals surface area (Å²) in [6.45, 7) is 9.00. The maximum Gasteiger partial charge on any atom is 0.234 e. The fraction of sp³-hybridized carbons (Fsp3) is 0.292. The van der Waals surface area contributed by atoms with E-state index in [0.717, 1.165) is 11.4 Å². The summed E-state index contributed by atoms with van der Waals surface area (Å²) in [5, 5.41) is 9.64. The molecule has 32 heavy (non-hydrogen) atoms. The molecule has 2 aromatic rings. The lowest BCUT2D eigenvalue weighted by molar-refractivity contribution is -0.113. The van der Waals surface area contributed by atoms with Crippen LogP contribution in [0.25, 0.3) is 0 Å². The van der Waals surface area contributed by atoms with Crippen molar-refractivity contribution in [2.45, 2.75) is 19.8 Å². The van der Waals surface area contributed by atoms with Crippen molar-refractivity contribution >= 4 is 34.4 Å². The van der Waals surface area contributed by atoms with Gasteiger partial charge in [-0.05, 0) is 47.9 Å². The Balaban J connectivity index is 1.60. The molecular formula is C24H28N4O3S. The first-order valence-electron chi connectivity index (χ1n) is 10.3. The molecule has 0 unspecified atom stereocenters. The first kappa shape index (κ1) is 23.4. The number of hydrogen-bond donors (Lipinski definition) is 1. The van der Waals surface area contributed by atoms with Crippen LogP contribution in [-0.4, -0.2) is 47.9 Å². The predicted octanol–water partition coefficient (Wildman–Crippen LogP) is 4.74. The fourth-order valence-corrected chi connectivity index (χ4v) is 3.58. The van der Waals surface area contributed by atoms with Crippen LogP contribution in [0.4, 0.5) is 5.69 Å². The van der Waals surface area contributed by atoms with E-state index in [-0.39, 0.29) is 11.7 Å². The Hall–Kier alpha value is -3.26. The average molecular weight is 453 g/mol. The Kier molecular flexibility index (Phi) is 8.33. The van der Waals surface area contributed by atoms with Gasteiger partial charge in [0.05, 0.1) is 19.4 Å². The number of methoxy groups -OCH3 is 1. The van der Waals surface area contributed by atoms with E-state index in [2.05, 4.69) is 35.8 Å². The number of amidine groups is 1. The highest BCUT2D eigenvalue weighted by atomic mass is 32.2. The molecule has 1 N–H and O–H groups in total. The molecule has 0 aromatic heterocycles. The van der Waals surface area contributed by atoms with E-state index < -0.39 is 0 Å². The second kappa shape index (κ2) is 11.4. The smallest absolute Gasteiger partial charge is 0.234 e. The number of benzene rings is 2. The summed E-state index contributed by atoms with van der Waals surface area (Å²) in [6, 6.07) is 15.2. The van der Waals surface area contributed by atoms with Gasteiger partial charge in [-0.1, -0.05) is 43.8 Å². The molecule has 0 spiro atoms. The molecule has 0 aliphatic carbocycles. The molecule has 1 amide bonds. The molecule has 0 radical (unpaired) electrons. The number of rotatable bonds is 8. The Labute approximate surface area is 193 Å². The second-order valence-corrected chi connectivity index (χ2v) is 8.36. The van der Waals surface area contributed by atoms with Crippen LogP contribution in [0.15, 0.2) is 71.3 Å². The number of carbonyl (C=O) groups is 1. The third-order valence-electron chi connectivity index (χ3n) is 4.59. The molecule has 1 aliphatic heterocycles. The van der Waals surface area contributed by atoms with E-state index in [1.807, 2.05) is 48.5 Å². The van der Waals surface area contributed by atoms with Crippen molar-refractivity contribution < 1.29 is 14.3 Å². The van der Waals surface area contributed by atoms with Gasteiger partial charge in [-0.2, -0.15) is 4.99 Å². The standard InChI is InChI=1S/C24H28N4O3S/c1-5-14-28-15-23(31-21-12-10-20(30-4)11-13-21)26-24(27-28)32-16-22(29)25-19-8-6-18(7-9-19)17(2)3/h5-13,17H,1,14-16H2,2-4H3,(H,25,29). The minimum atomic E-state index is -0.122. The number of anilines is 1. The van der Waals surface area contributed by atoms with Crippen LogP contribution < -0.4 is 14.8 Å². The van der Waals surface area contributed by atoms with E-state index in [1.54, 1.807) is 18.2 Å². The normalized spacial score (nSPS) is 13.3. The zero-order chi connectivity index (χ0) is 22.9. The third-order valence-corrected chi connectivity index (χ3v) is 5.43. The largest absolute Gasteiger partial charge is 0.497 e. The van der Waals surface area contributed by atoms with E-state index in [1.165, 1.54) is 17.3 Å². The van der Waals surface area contributed by atoms with Gasteiger partial charge in [0, 0.05) is 5.69 Å². The summed E-state index contributed by atoms with van der Waals surface area (Å²) in [5.41, 5.74) is 2.00. The molecule has 8 heteroatoms. The van der Waals surface area contributed by atoms with Gasteiger partial charge in [0.1, 0.15) is 18.0 Å². The van der Waals surface area contributed by atoms with Crippen LogP contribution in [-0.2, 0) is 4.79 Å². The summed E-state index contributed by atoms with van der Waals surface area (Å²) in [4.78, 5) is 16.9. The first-order valence-corrected chi connectivity index (χ1v) is 11.3. The molecule has 1 heterocycles. The summed E-state index contributed by atoms with van der Waals surface area (Å²) >= 11 is 1.26. The molecular weight excluding hydrogens is 424 g/mol. The fourth-order valence-electron chi connectivity index (χ4n) is 2.91. The third kappa shape index (κ3) is 6.88. The van der Waals surface area contributed by atoms with Gasteiger partial charge in [0.2, 0.25) is 17.0 Å². The Morgan fingerprint density at radius 2 is 1.88 bits per heavy atom. The highest BCUT2D eigenvalue weighted by Crippen LogP contribution is 2.20. The number of carbonyl (C=O) groups excluding carboxylic acids is 1. The number of thioether (sulfide) groups is 1. The lowest BCUT2D eigenvalue weighted by Gasteiger charge is -2.23. The quantitative estimate of drug-likeness (QED) is 0.586. The predicted molar refractivity (Wildman–Crippen MR) is 132 cm³/mol. The zero-order valence-electron chi connectivity index (χ0n) is 18.6. The van der Waals surface area contributed by atoms with Gasteiger partial charge in [-0.15, -0.1) is 11.7 Å². The van der Waals surface area contributed by atoms with Crippen LogP contribution >= 0.6 is 11.8 Å². The minimum absolute atomic E-state index is 0.122. The molecule has 0 saturated heterocycles. The highest BCUT2D eigenvalue weighted by Gasteiger charge is 2.18. The van der Waals surface area contributed by atoms with Gasteiger partial charge in [-0.25, -0.2) is 0 Å². The molecule has 168 valence electrons. The topological polar surface area (TPSA) is 75.5 Å². The Morgan fingerprint density at radius 3 is 2.50 bits per heavy atom. The Morgan fingerprint density at radius 1 is 1.19 bits per heavy atom. The van der Waals surface area contributed by atoms with Crippen molar-refractivity contribution in [2.24, 2.45) is 10.1 Å². The molecule has 0 atom stereocenters. The second-order valence-electron chi connectivity index (χ2n) is 7.42. The van der Waals surface area contributed by atoms with Gasteiger partial charge < -0.3 is 14.8 Å². The van der Waals surface area contributed by atoms with Gasteiger partial charge in [0.25, 0.3) is 0 Å². The number of amides is 1. The number of nitrogens with one attached hydrogen (secondary N) is 1. The number of aliphatic imine (C=N–C) groups is 1. The molecule has 2 aromatic carbocycles. The van der Waals surface area contributed by atoms with Gasteiger partial charge >= 0.3 is 0 Å². The first-order chi connectivity index (χ1) is 15.5. The van der Waals surface area contributed by atoms with Gasteiger partial charge in [0.15, 0.2) is 0 Å². The molecule has 1 aliphatic rings. The molecule has 0 bridgehead atoms. The molecule has 7 nitrogen and oxygen atoms in total. The van der Waals surface area contributed by atoms with Crippen LogP contribution in [0.5, 0.6) is 11.5 Å². The molecule has 3 rings (SSSR count). The van der Waals surface area contributed by atoms with Crippen molar-refractivity contribution in [3.63, 3.8) is 0 Å². The van der Waals surface area contributed by atoms with Gasteiger partial charge in [-0.3, -0.25) is 9.80 Å². The lowest BCUT2D eigenvalue weighted by Crippen LogP contribution is -2.33. The van der Waals surface area contributed by atoms with Crippen LogP contribution in [0.2, 0.25) is 0 Å². The number of ether oxygens (including phenoxy) is 2. The number of hydrazone groups is 1. The van der Waals surface area contributed by atoms with Crippen molar-refractivity contribution in [1.82, 2.24) is 5.01 Å². The maximum absolute atomic E-state index is 12.4. The summed E-state index contributed by atoms with van der Waals surface area (Å²) in [7, 11) is 1.62. The zero-order valence-corrected chi connectivity index (χ0v) is 19.4. The van der Waals surface area contributed by atoms with Crippen LogP contribution in [0.1, 0.15) is 25.3 Å². The van der Waals surface area contributed by atoms with Crippen LogP contribution in [0.3, 0.4) is 0 Å². The van der Waals surface area contributed by atoms with E-state index in [0.29, 0.717) is 35.8 Å². The summed E-state index contributed by atoms with van der Waals surface area (Å²) < 4.78 is 11.1.